The van der Waals surface area contributed by atoms with E-state index in [1.807, 2.05) is 0 Å². The minimum atomic E-state index is -1.37. The van der Waals surface area contributed by atoms with E-state index in [1.165, 1.54) is 59.7 Å². The summed E-state index contributed by atoms with van der Waals surface area (Å²) in [7, 11) is -2.73. The molecule has 0 nitrogen and oxygen atoms in total. The first kappa shape index (κ1) is 26.7. The molecule has 0 spiro atoms. The number of hydrogen-bond acceptors (Lipinski definition) is 0. The molecule has 0 bridgehead atoms. The lowest BCUT2D eigenvalue weighted by atomic mass is 9.81. The van der Waals surface area contributed by atoms with Gasteiger partial charge in [0.1, 0.15) is 0 Å². The van der Waals surface area contributed by atoms with Crippen molar-refractivity contribution >= 4 is 48.1 Å². The van der Waals surface area contributed by atoms with Gasteiger partial charge >= 0.3 is 0 Å². The standard InChI is InChI=1S/C36H42Si2/c1-36(2,3)27-18-23-32-33(24-27)35(26-16-21-29(22-17-26)38(7,8)9)31-13-11-10-12-30(31)34(32)25-14-19-28(20-15-25)37(4,5)6/h10-24H,1-9H3. The summed E-state index contributed by atoms with van der Waals surface area (Å²) in [6.07, 6.45) is 0. The molecular weight excluding hydrogens is 489 g/mol. The van der Waals surface area contributed by atoms with Crippen molar-refractivity contribution in [3.8, 4) is 22.3 Å². The van der Waals surface area contributed by atoms with Crippen LogP contribution in [0.2, 0.25) is 39.3 Å². The van der Waals surface area contributed by atoms with Crippen molar-refractivity contribution in [2.75, 3.05) is 0 Å². The Morgan fingerprint density at radius 2 is 0.842 bits per heavy atom. The van der Waals surface area contributed by atoms with Gasteiger partial charge in [-0.25, -0.2) is 0 Å². The van der Waals surface area contributed by atoms with Crippen LogP contribution in [0, 0.1) is 0 Å². The van der Waals surface area contributed by atoms with Crippen molar-refractivity contribution in [3.05, 3.63) is 96.6 Å². The predicted octanol–water partition coefficient (Wildman–Crippen LogP) is 9.71. The van der Waals surface area contributed by atoms with Crippen molar-refractivity contribution in [1.29, 1.82) is 0 Å². The minimum absolute atomic E-state index is 0.0813. The average Bonchev–Trinajstić information content (AvgIpc) is 2.85. The molecular formula is C36H42Si2. The molecule has 194 valence electrons. The molecule has 38 heavy (non-hydrogen) atoms. The zero-order valence-electron chi connectivity index (χ0n) is 24.7. The van der Waals surface area contributed by atoms with Gasteiger partial charge in [0.25, 0.3) is 0 Å². The summed E-state index contributed by atoms with van der Waals surface area (Å²) in [5.74, 6) is 0. The van der Waals surface area contributed by atoms with Crippen LogP contribution in [0.3, 0.4) is 0 Å². The average molecular weight is 531 g/mol. The van der Waals surface area contributed by atoms with Gasteiger partial charge in [-0.15, -0.1) is 0 Å². The van der Waals surface area contributed by atoms with E-state index < -0.39 is 16.1 Å². The van der Waals surface area contributed by atoms with Gasteiger partial charge < -0.3 is 0 Å². The van der Waals surface area contributed by atoms with Crippen LogP contribution in [-0.4, -0.2) is 16.1 Å². The van der Waals surface area contributed by atoms with Crippen molar-refractivity contribution < 1.29 is 0 Å². The third-order valence-electron chi connectivity index (χ3n) is 7.97. The zero-order valence-corrected chi connectivity index (χ0v) is 26.7. The summed E-state index contributed by atoms with van der Waals surface area (Å²) >= 11 is 0. The smallest absolute Gasteiger partial charge is 0.0656 e. The molecule has 0 fully saturated rings. The van der Waals surface area contributed by atoms with Crippen molar-refractivity contribution in [2.45, 2.75) is 65.5 Å². The molecule has 0 saturated heterocycles. The predicted molar refractivity (Wildman–Crippen MR) is 177 cm³/mol. The molecule has 0 unspecified atom stereocenters. The molecule has 5 rings (SSSR count). The van der Waals surface area contributed by atoms with Crippen LogP contribution in [0.15, 0.2) is 91.0 Å². The Bertz CT molecular complexity index is 1620. The molecule has 2 heteroatoms. The lowest BCUT2D eigenvalue weighted by molar-refractivity contribution is 0.591. The Morgan fingerprint density at radius 1 is 0.447 bits per heavy atom. The molecule has 0 heterocycles. The fraction of sp³-hybridized carbons (Fsp3) is 0.278. The van der Waals surface area contributed by atoms with E-state index in [0.717, 1.165) is 0 Å². The van der Waals surface area contributed by atoms with Gasteiger partial charge in [-0.1, -0.05) is 155 Å². The molecule has 5 aromatic rings. The summed E-state index contributed by atoms with van der Waals surface area (Å²) in [6.45, 7) is 21.5. The van der Waals surface area contributed by atoms with Gasteiger partial charge in [0, 0.05) is 0 Å². The molecule has 0 amide bonds. The second-order valence-corrected chi connectivity index (χ2v) is 24.1. The number of hydrogen-bond donors (Lipinski definition) is 0. The molecule has 0 aromatic heterocycles. The Balaban J connectivity index is 1.87. The SMILES string of the molecule is CC(C)(C)c1ccc2c(-c3ccc([Si](C)(C)C)cc3)c3ccccc3c(-c3ccc([Si](C)(C)C)cc3)c2c1. The van der Waals surface area contributed by atoms with E-state index in [2.05, 4.69) is 151 Å². The highest BCUT2D eigenvalue weighted by Gasteiger charge is 2.22. The lowest BCUT2D eigenvalue weighted by Crippen LogP contribution is -2.37. The van der Waals surface area contributed by atoms with Gasteiger partial charge in [0.2, 0.25) is 0 Å². The monoisotopic (exact) mass is 530 g/mol. The summed E-state index contributed by atoms with van der Waals surface area (Å²) in [4.78, 5) is 0. The first-order chi connectivity index (χ1) is 17.7. The minimum Gasteiger partial charge on any atom is -0.0656 e. The van der Waals surface area contributed by atoms with Gasteiger partial charge in [0.15, 0.2) is 0 Å². The van der Waals surface area contributed by atoms with Gasteiger partial charge in [-0.2, -0.15) is 0 Å². The first-order valence-corrected chi connectivity index (χ1v) is 21.0. The van der Waals surface area contributed by atoms with Crippen LogP contribution in [0.1, 0.15) is 26.3 Å². The maximum atomic E-state index is 2.46. The van der Waals surface area contributed by atoms with E-state index in [0.29, 0.717) is 0 Å². The number of fused-ring (bicyclic) bond motifs is 2. The summed E-state index contributed by atoms with van der Waals surface area (Å²) < 4.78 is 0. The maximum absolute atomic E-state index is 2.46. The van der Waals surface area contributed by atoms with E-state index in [9.17, 15) is 0 Å². The molecule has 0 aliphatic carbocycles. The molecule has 0 N–H and O–H groups in total. The third kappa shape index (κ3) is 4.92. The maximum Gasteiger partial charge on any atom is 0.0775 e. The first-order valence-electron chi connectivity index (χ1n) is 14.0. The second kappa shape index (κ2) is 9.36. The zero-order chi connectivity index (χ0) is 27.5. The summed E-state index contributed by atoms with van der Waals surface area (Å²) in [5.41, 5.74) is 6.77. The van der Waals surface area contributed by atoms with Crippen molar-refractivity contribution in [2.24, 2.45) is 0 Å². The van der Waals surface area contributed by atoms with Crippen LogP contribution in [-0.2, 0) is 5.41 Å². The Kier molecular flexibility index (Phi) is 6.56. The lowest BCUT2D eigenvalue weighted by Gasteiger charge is -2.24. The van der Waals surface area contributed by atoms with E-state index in [-0.39, 0.29) is 5.41 Å². The Morgan fingerprint density at radius 3 is 1.24 bits per heavy atom. The highest BCUT2D eigenvalue weighted by atomic mass is 28.3. The summed E-state index contributed by atoms with van der Waals surface area (Å²) in [5, 5.41) is 8.35. The third-order valence-corrected chi connectivity index (χ3v) is 12.1. The molecule has 5 aromatic carbocycles. The van der Waals surface area contributed by atoms with Crippen molar-refractivity contribution in [3.63, 3.8) is 0 Å². The highest BCUT2D eigenvalue weighted by Crippen LogP contribution is 2.44. The fourth-order valence-corrected chi connectivity index (χ4v) is 7.87. The molecule has 0 aliphatic rings. The molecule has 0 saturated carbocycles. The van der Waals surface area contributed by atoms with Crippen LogP contribution >= 0.6 is 0 Å². The largest absolute Gasteiger partial charge is 0.0775 e. The molecule has 0 atom stereocenters. The fourth-order valence-electron chi connectivity index (χ4n) is 5.54. The Hall–Kier alpha value is -2.95. The quantitative estimate of drug-likeness (QED) is 0.160. The van der Waals surface area contributed by atoms with Gasteiger partial charge in [-0.05, 0) is 60.8 Å². The van der Waals surface area contributed by atoms with Gasteiger partial charge in [0.05, 0.1) is 16.1 Å². The van der Waals surface area contributed by atoms with Crippen molar-refractivity contribution in [1.82, 2.24) is 0 Å². The van der Waals surface area contributed by atoms with E-state index >= 15 is 0 Å². The normalized spacial score (nSPS) is 12.9. The number of benzene rings is 5. The molecule has 0 radical (unpaired) electrons. The van der Waals surface area contributed by atoms with E-state index in [4.69, 9.17) is 0 Å². The van der Waals surface area contributed by atoms with Crippen LogP contribution in [0.4, 0.5) is 0 Å². The summed E-state index contributed by atoms with van der Waals surface area (Å²) in [6, 6.07) is 35.1. The Labute approximate surface area is 231 Å². The van der Waals surface area contributed by atoms with Crippen LogP contribution < -0.4 is 10.4 Å². The van der Waals surface area contributed by atoms with E-state index in [1.54, 1.807) is 0 Å². The highest BCUT2D eigenvalue weighted by molar-refractivity contribution is 6.89. The van der Waals surface area contributed by atoms with Gasteiger partial charge in [-0.3, -0.25) is 0 Å². The van der Waals surface area contributed by atoms with Crippen LogP contribution in [0.25, 0.3) is 43.8 Å². The molecule has 0 aliphatic heterocycles. The van der Waals surface area contributed by atoms with Crippen LogP contribution in [0.5, 0.6) is 0 Å². The second-order valence-electron chi connectivity index (χ2n) is 14.0. The topological polar surface area (TPSA) is 0 Å². The number of rotatable bonds is 4.